The van der Waals surface area contributed by atoms with Gasteiger partial charge < -0.3 is 15.1 Å². The normalized spacial score (nSPS) is 18.1. The van der Waals surface area contributed by atoms with Crippen molar-refractivity contribution in [3.05, 3.63) is 65.9 Å². The standard InChI is InChI=1S/C23H25N3O2/c1-17(27)26-15-12-18-6-2-3-7-21(18)22(26)16-23(28)24-19-8-10-20(11-9-19)25-13-4-5-14-25/h2-3,6-12,15,22H,4-5,13-14,16H2,1H3,(H,24,28)/t22-/m1/s1. The van der Waals surface area contributed by atoms with Crippen molar-refractivity contribution in [3.63, 3.8) is 0 Å². The Hall–Kier alpha value is -3.08. The van der Waals surface area contributed by atoms with E-state index in [1.165, 1.54) is 25.5 Å². The summed E-state index contributed by atoms with van der Waals surface area (Å²) in [6, 6.07) is 15.6. The number of anilines is 2. The van der Waals surface area contributed by atoms with E-state index in [2.05, 4.69) is 22.3 Å². The van der Waals surface area contributed by atoms with Gasteiger partial charge in [-0.05, 0) is 54.3 Å². The van der Waals surface area contributed by atoms with Gasteiger partial charge in [-0.3, -0.25) is 9.59 Å². The van der Waals surface area contributed by atoms with Crippen molar-refractivity contribution in [3.8, 4) is 0 Å². The maximum absolute atomic E-state index is 12.7. The zero-order chi connectivity index (χ0) is 19.5. The molecule has 1 N–H and O–H groups in total. The predicted molar refractivity (Wildman–Crippen MR) is 112 cm³/mol. The molecule has 1 atom stereocenters. The largest absolute Gasteiger partial charge is 0.372 e. The molecular weight excluding hydrogens is 350 g/mol. The monoisotopic (exact) mass is 375 g/mol. The van der Waals surface area contributed by atoms with Gasteiger partial charge in [-0.15, -0.1) is 0 Å². The lowest BCUT2D eigenvalue weighted by Crippen LogP contribution is -2.33. The first-order valence-corrected chi connectivity index (χ1v) is 9.83. The van der Waals surface area contributed by atoms with Crippen molar-refractivity contribution in [1.29, 1.82) is 0 Å². The Morgan fingerprint density at radius 3 is 2.46 bits per heavy atom. The van der Waals surface area contributed by atoms with Crippen molar-refractivity contribution in [2.75, 3.05) is 23.3 Å². The number of hydrogen-bond acceptors (Lipinski definition) is 3. The minimum atomic E-state index is -0.289. The number of fused-ring (bicyclic) bond motifs is 1. The lowest BCUT2D eigenvalue weighted by atomic mass is 9.93. The van der Waals surface area contributed by atoms with Gasteiger partial charge in [0.1, 0.15) is 0 Å². The molecule has 2 heterocycles. The molecule has 5 heteroatoms. The van der Waals surface area contributed by atoms with Crippen LogP contribution >= 0.6 is 0 Å². The van der Waals surface area contributed by atoms with Crippen LogP contribution in [0.4, 0.5) is 11.4 Å². The van der Waals surface area contributed by atoms with E-state index in [-0.39, 0.29) is 24.3 Å². The molecule has 0 unspecified atom stereocenters. The quantitative estimate of drug-likeness (QED) is 0.872. The van der Waals surface area contributed by atoms with E-state index < -0.39 is 0 Å². The van der Waals surface area contributed by atoms with Crippen LogP contribution < -0.4 is 10.2 Å². The average molecular weight is 375 g/mol. The van der Waals surface area contributed by atoms with Gasteiger partial charge >= 0.3 is 0 Å². The maximum Gasteiger partial charge on any atom is 0.226 e. The highest BCUT2D eigenvalue weighted by molar-refractivity contribution is 5.92. The molecule has 0 aliphatic carbocycles. The minimum absolute atomic E-state index is 0.0708. The third-order valence-corrected chi connectivity index (χ3v) is 5.47. The summed E-state index contributed by atoms with van der Waals surface area (Å²) in [7, 11) is 0. The number of nitrogens with one attached hydrogen (secondary N) is 1. The Balaban J connectivity index is 1.46. The molecule has 0 spiro atoms. The van der Waals surface area contributed by atoms with Crippen LogP contribution in [-0.2, 0) is 9.59 Å². The van der Waals surface area contributed by atoms with E-state index in [1.54, 1.807) is 11.1 Å². The number of nitrogens with zero attached hydrogens (tertiary/aromatic N) is 2. The van der Waals surface area contributed by atoms with Gasteiger partial charge in [0.15, 0.2) is 0 Å². The van der Waals surface area contributed by atoms with Gasteiger partial charge in [-0.2, -0.15) is 0 Å². The van der Waals surface area contributed by atoms with Crippen LogP contribution in [0.1, 0.15) is 43.4 Å². The molecule has 0 radical (unpaired) electrons. The van der Waals surface area contributed by atoms with E-state index >= 15 is 0 Å². The smallest absolute Gasteiger partial charge is 0.226 e. The second kappa shape index (κ2) is 7.89. The fraction of sp³-hybridized carbons (Fsp3) is 0.304. The Kier molecular flexibility index (Phi) is 5.15. The molecule has 2 amide bonds. The summed E-state index contributed by atoms with van der Waals surface area (Å²) in [4.78, 5) is 28.8. The van der Waals surface area contributed by atoms with Crippen molar-refractivity contribution in [2.45, 2.75) is 32.2 Å². The molecule has 0 bridgehead atoms. The molecule has 2 aliphatic heterocycles. The number of benzene rings is 2. The van der Waals surface area contributed by atoms with Crippen LogP contribution in [0.15, 0.2) is 54.7 Å². The highest BCUT2D eigenvalue weighted by Gasteiger charge is 2.28. The van der Waals surface area contributed by atoms with Crippen molar-refractivity contribution in [1.82, 2.24) is 4.90 Å². The van der Waals surface area contributed by atoms with E-state index in [9.17, 15) is 9.59 Å². The molecule has 2 aromatic rings. The molecule has 1 saturated heterocycles. The summed E-state index contributed by atoms with van der Waals surface area (Å²) in [6.07, 6.45) is 6.38. The van der Waals surface area contributed by atoms with Crippen LogP contribution in [0, 0.1) is 0 Å². The first-order chi connectivity index (χ1) is 13.6. The third kappa shape index (κ3) is 3.79. The SMILES string of the molecule is CC(=O)N1C=Cc2ccccc2[C@H]1CC(=O)Nc1ccc(N2CCCC2)cc1. The van der Waals surface area contributed by atoms with Crippen LogP contribution in [0.25, 0.3) is 6.08 Å². The summed E-state index contributed by atoms with van der Waals surface area (Å²) >= 11 is 0. The first-order valence-electron chi connectivity index (χ1n) is 9.83. The summed E-state index contributed by atoms with van der Waals surface area (Å²) in [5.74, 6) is -0.172. The van der Waals surface area contributed by atoms with E-state index in [1.807, 2.05) is 42.5 Å². The number of carbonyl (C=O) groups is 2. The van der Waals surface area contributed by atoms with E-state index in [0.717, 1.165) is 29.9 Å². The predicted octanol–water partition coefficient (Wildman–Crippen LogP) is 4.19. The van der Waals surface area contributed by atoms with Gasteiger partial charge in [0.25, 0.3) is 0 Å². The Morgan fingerprint density at radius 1 is 1.04 bits per heavy atom. The maximum atomic E-state index is 12.7. The summed E-state index contributed by atoms with van der Waals surface area (Å²) in [5.41, 5.74) is 4.03. The molecule has 0 aromatic heterocycles. The molecule has 2 aliphatic rings. The van der Waals surface area contributed by atoms with Crippen molar-refractivity contribution >= 4 is 29.3 Å². The molecule has 5 nitrogen and oxygen atoms in total. The molecular formula is C23H25N3O2. The molecule has 28 heavy (non-hydrogen) atoms. The number of carbonyl (C=O) groups excluding carboxylic acids is 2. The van der Waals surface area contributed by atoms with E-state index in [0.29, 0.717) is 0 Å². The minimum Gasteiger partial charge on any atom is -0.372 e. The third-order valence-electron chi connectivity index (χ3n) is 5.47. The summed E-state index contributed by atoms with van der Waals surface area (Å²) < 4.78 is 0. The van der Waals surface area contributed by atoms with E-state index in [4.69, 9.17) is 0 Å². The molecule has 144 valence electrons. The number of hydrogen-bond donors (Lipinski definition) is 1. The number of amides is 2. The van der Waals surface area contributed by atoms with Gasteiger partial charge in [-0.25, -0.2) is 0 Å². The average Bonchev–Trinajstić information content (AvgIpc) is 3.23. The number of rotatable bonds is 4. The fourth-order valence-electron chi connectivity index (χ4n) is 4.03. The molecule has 0 saturated carbocycles. The van der Waals surface area contributed by atoms with Gasteiger partial charge in [0, 0.05) is 37.6 Å². The molecule has 4 rings (SSSR count). The lowest BCUT2D eigenvalue weighted by Gasteiger charge is -2.32. The van der Waals surface area contributed by atoms with Crippen LogP contribution in [-0.4, -0.2) is 29.8 Å². The van der Waals surface area contributed by atoms with Gasteiger partial charge in [0.05, 0.1) is 12.5 Å². The Bertz CT molecular complexity index is 898. The van der Waals surface area contributed by atoms with Crippen LogP contribution in [0.5, 0.6) is 0 Å². The lowest BCUT2D eigenvalue weighted by molar-refractivity contribution is -0.129. The second-order valence-electron chi connectivity index (χ2n) is 7.38. The topological polar surface area (TPSA) is 52.7 Å². The zero-order valence-electron chi connectivity index (χ0n) is 16.1. The summed E-state index contributed by atoms with van der Waals surface area (Å²) in [6.45, 7) is 3.72. The Morgan fingerprint density at radius 2 is 1.75 bits per heavy atom. The molecule has 2 aromatic carbocycles. The molecule has 1 fully saturated rings. The highest BCUT2D eigenvalue weighted by Crippen LogP contribution is 2.33. The second-order valence-corrected chi connectivity index (χ2v) is 7.38. The zero-order valence-corrected chi connectivity index (χ0v) is 16.1. The van der Waals surface area contributed by atoms with Gasteiger partial charge in [0.2, 0.25) is 11.8 Å². The highest BCUT2D eigenvalue weighted by atomic mass is 16.2. The van der Waals surface area contributed by atoms with Crippen LogP contribution in [0.2, 0.25) is 0 Å². The van der Waals surface area contributed by atoms with Crippen molar-refractivity contribution in [2.24, 2.45) is 0 Å². The first kappa shape index (κ1) is 18.3. The summed E-state index contributed by atoms with van der Waals surface area (Å²) in [5, 5.41) is 2.98. The van der Waals surface area contributed by atoms with Gasteiger partial charge in [-0.1, -0.05) is 24.3 Å². The Labute approximate surface area is 165 Å². The van der Waals surface area contributed by atoms with Crippen molar-refractivity contribution < 1.29 is 9.59 Å². The van der Waals surface area contributed by atoms with Crippen LogP contribution in [0.3, 0.4) is 0 Å². The fourth-order valence-corrected chi connectivity index (χ4v) is 4.03.